The number of nitrogens with two attached hydrogens (primary N) is 1. The molecular weight excluding hydrogens is 234 g/mol. The first-order valence-corrected chi connectivity index (χ1v) is 6.38. The van der Waals surface area contributed by atoms with Crippen molar-refractivity contribution in [2.45, 2.75) is 27.7 Å². The quantitative estimate of drug-likeness (QED) is 0.654. The van der Waals surface area contributed by atoms with Gasteiger partial charge in [-0.1, -0.05) is 23.3 Å². The van der Waals surface area contributed by atoms with Crippen LogP contribution in [0.1, 0.15) is 38.2 Å². The Morgan fingerprint density at radius 2 is 1.37 bits per heavy atom. The third kappa shape index (κ3) is 2.68. The minimum absolute atomic E-state index is 0.00361. The zero-order valence-electron chi connectivity index (χ0n) is 11.9. The van der Waals surface area contributed by atoms with Crippen molar-refractivity contribution >= 4 is 11.5 Å². The van der Waals surface area contributed by atoms with Gasteiger partial charge in [-0.25, -0.2) is 0 Å². The molecule has 98 valence electrons. The largest absolute Gasteiger partial charge is 0.398 e. The molecule has 0 aliphatic carbocycles. The summed E-state index contributed by atoms with van der Waals surface area (Å²) in [6, 6.07) is 9.73. The number of aryl methyl sites for hydroxylation is 4. The Morgan fingerprint density at radius 3 is 1.95 bits per heavy atom. The summed E-state index contributed by atoms with van der Waals surface area (Å²) in [5.41, 5.74) is 12.1. The highest BCUT2D eigenvalue weighted by Crippen LogP contribution is 2.23. The Morgan fingerprint density at radius 1 is 0.842 bits per heavy atom. The summed E-state index contributed by atoms with van der Waals surface area (Å²) in [5, 5.41) is 0. The summed E-state index contributed by atoms with van der Waals surface area (Å²) in [4.78, 5) is 12.6. The second-order valence-corrected chi connectivity index (χ2v) is 5.25. The predicted octanol–water partition coefficient (Wildman–Crippen LogP) is 3.73. The van der Waals surface area contributed by atoms with Gasteiger partial charge in [-0.15, -0.1) is 0 Å². The van der Waals surface area contributed by atoms with Gasteiger partial charge in [0.2, 0.25) is 0 Å². The monoisotopic (exact) mass is 253 g/mol. The molecular formula is C17H19NO. The van der Waals surface area contributed by atoms with Crippen LogP contribution in [0, 0.1) is 27.7 Å². The van der Waals surface area contributed by atoms with Crippen molar-refractivity contribution in [3.8, 4) is 0 Å². The number of benzene rings is 2. The van der Waals surface area contributed by atoms with E-state index < -0.39 is 0 Å². The van der Waals surface area contributed by atoms with E-state index in [-0.39, 0.29) is 5.78 Å². The lowest BCUT2D eigenvalue weighted by Gasteiger charge is -2.10. The molecule has 0 aliphatic rings. The number of anilines is 1. The van der Waals surface area contributed by atoms with Gasteiger partial charge in [0.1, 0.15) is 0 Å². The summed E-state index contributed by atoms with van der Waals surface area (Å²) < 4.78 is 0. The molecule has 2 nitrogen and oxygen atoms in total. The van der Waals surface area contributed by atoms with Crippen LogP contribution >= 0.6 is 0 Å². The Kier molecular flexibility index (Phi) is 3.43. The zero-order chi connectivity index (χ0) is 14.2. The Labute approximate surface area is 114 Å². The van der Waals surface area contributed by atoms with E-state index in [0.717, 1.165) is 22.3 Å². The average Bonchev–Trinajstić information content (AvgIpc) is 2.31. The van der Waals surface area contributed by atoms with Crippen LogP contribution in [0.2, 0.25) is 0 Å². The molecule has 2 heteroatoms. The van der Waals surface area contributed by atoms with Gasteiger partial charge in [-0.05, 0) is 57.0 Å². The molecule has 0 unspecified atom stereocenters. The highest BCUT2D eigenvalue weighted by atomic mass is 16.1. The molecule has 0 heterocycles. The van der Waals surface area contributed by atoms with Crippen LogP contribution in [0.5, 0.6) is 0 Å². The van der Waals surface area contributed by atoms with Crippen LogP contribution in [-0.4, -0.2) is 5.78 Å². The van der Waals surface area contributed by atoms with Crippen molar-refractivity contribution in [2.24, 2.45) is 0 Å². The predicted molar refractivity (Wildman–Crippen MR) is 79.7 cm³/mol. The second-order valence-electron chi connectivity index (χ2n) is 5.25. The van der Waals surface area contributed by atoms with Crippen LogP contribution in [0.25, 0.3) is 0 Å². The number of carbonyl (C=O) groups is 1. The van der Waals surface area contributed by atoms with Crippen molar-refractivity contribution in [3.63, 3.8) is 0 Å². The smallest absolute Gasteiger partial charge is 0.195 e. The summed E-state index contributed by atoms with van der Waals surface area (Å²) >= 11 is 0. The lowest BCUT2D eigenvalue weighted by atomic mass is 9.95. The van der Waals surface area contributed by atoms with E-state index in [1.165, 1.54) is 0 Å². The number of rotatable bonds is 2. The van der Waals surface area contributed by atoms with Crippen molar-refractivity contribution in [1.82, 2.24) is 0 Å². The average molecular weight is 253 g/mol. The van der Waals surface area contributed by atoms with Gasteiger partial charge in [0, 0.05) is 16.8 Å². The Bertz CT molecular complexity index is 636. The van der Waals surface area contributed by atoms with Gasteiger partial charge in [0.05, 0.1) is 0 Å². The topological polar surface area (TPSA) is 43.1 Å². The minimum Gasteiger partial charge on any atom is -0.398 e. The molecule has 2 aromatic rings. The molecule has 2 rings (SSSR count). The molecule has 0 bridgehead atoms. The van der Waals surface area contributed by atoms with E-state index in [4.69, 9.17) is 5.73 Å². The summed E-state index contributed by atoms with van der Waals surface area (Å²) in [6.45, 7) is 7.90. The van der Waals surface area contributed by atoms with Crippen molar-refractivity contribution < 1.29 is 4.79 Å². The molecule has 0 aromatic heterocycles. The molecule has 0 amide bonds. The summed E-state index contributed by atoms with van der Waals surface area (Å²) in [5.74, 6) is -0.00361. The first kappa shape index (κ1) is 13.3. The minimum atomic E-state index is -0.00361. The SMILES string of the molecule is Cc1cc(C)cc(C(=O)c2cc(C)cc(C)c2N)c1. The summed E-state index contributed by atoms with van der Waals surface area (Å²) in [7, 11) is 0. The maximum atomic E-state index is 12.6. The molecule has 19 heavy (non-hydrogen) atoms. The molecule has 0 atom stereocenters. The number of carbonyl (C=O) groups excluding carboxylic acids is 1. The van der Waals surface area contributed by atoms with E-state index in [0.29, 0.717) is 16.8 Å². The molecule has 2 aromatic carbocycles. The summed E-state index contributed by atoms with van der Waals surface area (Å²) in [6.07, 6.45) is 0. The molecule has 2 N–H and O–H groups in total. The van der Waals surface area contributed by atoms with Crippen LogP contribution < -0.4 is 5.73 Å². The fraction of sp³-hybridized carbons (Fsp3) is 0.235. The molecule has 0 saturated carbocycles. The molecule has 0 radical (unpaired) electrons. The molecule has 0 spiro atoms. The van der Waals surface area contributed by atoms with Crippen LogP contribution in [0.3, 0.4) is 0 Å². The first-order valence-electron chi connectivity index (χ1n) is 6.38. The normalized spacial score (nSPS) is 10.5. The third-order valence-electron chi connectivity index (χ3n) is 3.26. The van der Waals surface area contributed by atoms with Crippen LogP contribution in [0.15, 0.2) is 30.3 Å². The maximum Gasteiger partial charge on any atom is 0.195 e. The highest BCUT2D eigenvalue weighted by Gasteiger charge is 2.15. The second kappa shape index (κ2) is 4.88. The van der Waals surface area contributed by atoms with E-state index in [1.807, 2.05) is 52.0 Å². The number of hydrogen-bond acceptors (Lipinski definition) is 2. The first-order chi connectivity index (χ1) is 8.88. The lowest BCUT2D eigenvalue weighted by molar-refractivity contribution is 0.103. The van der Waals surface area contributed by atoms with Crippen LogP contribution in [-0.2, 0) is 0 Å². The number of hydrogen-bond donors (Lipinski definition) is 1. The Hall–Kier alpha value is -2.09. The van der Waals surface area contributed by atoms with Crippen molar-refractivity contribution in [1.29, 1.82) is 0 Å². The fourth-order valence-electron chi connectivity index (χ4n) is 2.43. The molecule has 0 saturated heterocycles. The van der Waals surface area contributed by atoms with Gasteiger partial charge in [0.15, 0.2) is 5.78 Å². The van der Waals surface area contributed by atoms with E-state index in [2.05, 4.69) is 6.07 Å². The molecule has 0 fully saturated rings. The van der Waals surface area contributed by atoms with E-state index in [9.17, 15) is 4.79 Å². The van der Waals surface area contributed by atoms with E-state index in [1.54, 1.807) is 0 Å². The van der Waals surface area contributed by atoms with Gasteiger partial charge >= 0.3 is 0 Å². The third-order valence-corrected chi connectivity index (χ3v) is 3.26. The van der Waals surface area contributed by atoms with Crippen LogP contribution in [0.4, 0.5) is 5.69 Å². The van der Waals surface area contributed by atoms with Crippen molar-refractivity contribution in [2.75, 3.05) is 5.73 Å². The fourth-order valence-corrected chi connectivity index (χ4v) is 2.43. The highest BCUT2D eigenvalue weighted by molar-refractivity contribution is 6.12. The Balaban J connectivity index is 2.56. The lowest BCUT2D eigenvalue weighted by Crippen LogP contribution is -2.08. The number of ketones is 1. The maximum absolute atomic E-state index is 12.6. The van der Waals surface area contributed by atoms with Gasteiger partial charge in [0.25, 0.3) is 0 Å². The van der Waals surface area contributed by atoms with Gasteiger partial charge in [-0.3, -0.25) is 4.79 Å². The zero-order valence-corrected chi connectivity index (χ0v) is 11.9. The number of nitrogen functional groups attached to an aromatic ring is 1. The van der Waals surface area contributed by atoms with Crippen molar-refractivity contribution in [3.05, 3.63) is 63.7 Å². The van der Waals surface area contributed by atoms with Gasteiger partial charge < -0.3 is 5.73 Å². The molecule has 0 aliphatic heterocycles. The van der Waals surface area contributed by atoms with E-state index >= 15 is 0 Å². The standard InChI is InChI=1S/C17H19NO/c1-10-5-11(2)8-14(7-10)17(19)15-9-12(3)6-13(4)16(15)18/h5-9H,18H2,1-4H3. The van der Waals surface area contributed by atoms with Gasteiger partial charge in [-0.2, -0.15) is 0 Å².